The van der Waals surface area contributed by atoms with Gasteiger partial charge in [0.25, 0.3) is 0 Å². The van der Waals surface area contributed by atoms with Crippen molar-refractivity contribution in [3.05, 3.63) is 35.9 Å². The van der Waals surface area contributed by atoms with Gasteiger partial charge in [-0.2, -0.15) is 0 Å². The van der Waals surface area contributed by atoms with Crippen molar-refractivity contribution in [1.29, 1.82) is 0 Å². The predicted molar refractivity (Wildman–Crippen MR) is 68.7 cm³/mol. The molecule has 3 nitrogen and oxygen atoms in total. The molecule has 94 valence electrons. The fraction of sp³-hybridized carbons (Fsp3) is 0.500. The van der Waals surface area contributed by atoms with Crippen molar-refractivity contribution in [2.24, 2.45) is 17.6 Å². The number of carboxylic acid groups (broad SMARTS) is 1. The van der Waals surface area contributed by atoms with Crippen molar-refractivity contribution < 1.29 is 9.90 Å². The molecule has 0 aromatic heterocycles. The molecule has 0 saturated carbocycles. The Morgan fingerprint density at radius 1 is 1.35 bits per heavy atom. The topological polar surface area (TPSA) is 63.3 Å². The molecule has 0 aliphatic carbocycles. The van der Waals surface area contributed by atoms with E-state index in [1.165, 1.54) is 5.56 Å². The Morgan fingerprint density at radius 3 is 2.53 bits per heavy atom. The maximum absolute atomic E-state index is 10.9. The second-order valence-corrected chi connectivity index (χ2v) is 4.64. The molecule has 0 fully saturated rings. The predicted octanol–water partition coefficient (Wildman–Crippen LogP) is 2.30. The Hall–Kier alpha value is -1.35. The summed E-state index contributed by atoms with van der Waals surface area (Å²) in [5.74, 6) is -0.792. The van der Waals surface area contributed by atoms with Gasteiger partial charge in [-0.25, -0.2) is 0 Å². The van der Waals surface area contributed by atoms with Crippen LogP contribution in [-0.2, 0) is 11.2 Å². The van der Waals surface area contributed by atoms with Gasteiger partial charge in [-0.05, 0) is 30.7 Å². The average Bonchev–Trinajstić information content (AvgIpc) is 2.34. The van der Waals surface area contributed by atoms with E-state index in [1.54, 1.807) is 0 Å². The van der Waals surface area contributed by atoms with Crippen LogP contribution in [0, 0.1) is 11.8 Å². The summed E-state index contributed by atoms with van der Waals surface area (Å²) in [4.78, 5) is 10.9. The van der Waals surface area contributed by atoms with Crippen molar-refractivity contribution in [3.63, 3.8) is 0 Å². The first kappa shape index (κ1) is 13.7. The highest BCUT2D eigenvalue weighted by Crippen LogP contribution is 2.17. The summed E-state index contributed by atoms with van der Waals surface area (Å²) >= 11 is 0. The third-order valence-corrected chi connectivity index (χ3v) is 3.09. The van der Waals surface area contributed by atoms with E-state index < -0.39 is 11.9 Å². The molecule has 1 aromatic rings. The van der Waals surface area contributed by atoms with Gasteiger partial charge >= 0.3 is 5.97 Å². The average molecular weight is 235 g/mol. The van der Waals surface area contributed by atoms with Crippen LogP contribution >= 0.6 is 0 Å². The summed E-state index contributed by atoms with van der Waals surface area (Å²) in [6.07, 6.45) is 2.67. The van der Waals surface area contributed by atoms with Crippen molar-refractivity contribution in [2.45, 2.75) is 26.2 Å². The first-order valence-corrected chi connectivity index (χ1v) is 6.10. The van der Waals surface area contributed by atoms with Crippen LogP contribution in [0.15, 0.2) is 30.3 Å². The lowest BCUT2D eigenvalue weighted by Gasteiger charge is -2.16. The Morgan fingerprint density at radius 2 is 2.00 bits per heavy atom. The Kier molecular flexibility index (Phi) is 5.70. The summed E-state index contributed by atoms with van der Waals surface area (Å²) < 4.78 is 0. The highest BCUT2D eigenvalue weighted by molar-refractivity contribution is 5.70. The van der Waals surface area contributed by atoms with Crippen LogP contribution in [0.5, 0.6) is 0 Å². The van der Waals surface area contributed by atoms with Crippen molar-refractivity contribution in [2.75, 3.05) is 6.54 Å². The highest BCUT2D eigenvalue weighted by Gasteiger charge is 2.18. The largest absolute Gasteiger partial charge is 0.481 e. The minimum Gasteiger partial charge on any atom is -0.481 e. The summed E-state index contributed by atoms with van der Waals surface area (Å²) in [5.41, 5.74) is 6.75. The number of carboxylic acids is 1. The standard InChI is InChI=1S/C14H21NO2/c1-11(9-13(10-15)14(16)17)7-8-12-5-3-2-4-6-12/h2-6,11,13H,7-10,15H2,1H3,(H,16,17). The molecular weight excluding hydrogens is 214 g/mol. The highest BCUT2D eigenvalue weighted by atomic mass is 16.4. The fourth-order valence-corrected chi connectivity index (χ4v) is 1.96. The lowest BCUT2D eigenvalue weighted by molar-refractivity contribution is -0.141. The van der Waals surface area contributed by atoms with Gasteiger partial charge in [0.2, 0.25) is 0 Å². The molecule has 1 aromatic carbocycles. The van der Waals surface area contributed by atoms with Crippen LogP contribution in [0.25, 0.3) is 0 Å². The maximum Gasteiger partial charge on any atom is 0.307 e. The molecule has 0 bridgehead atoms. The van der Waals surface area contributed by atoms with E-state index in [2.05, 4.69) is 19.1 Å². The lowest BCUT2D eigenvalue weighted by atomic mass is 9.91. The molecule has 0 radical (unpaired) electrons. The molecule has 0 saturated heterocycles. The normalized spacial score (nSPS) is 14.2. The first-order chi connectivity index (χ1) is 8.13. The Balaban J connectivity index is 2.34. The Bertz CT molecular complexity index is 337. The van der Waals surface area contributed by atoms with Gasteiger partial charge < -0.3 is 10.8 Å². The van der Waals surface area contributed by atoms with Gasteiger partial charge in [0.15, 0.2) is 0 Å². The zero-order valence-corrected chi connectivity index (χ0v) is 10.3. The van der Waals surface area contributed by atoms with Crippen molar-refractivity contribution in [1.82, 2.24) is 0 Å². The van der Waals surface area contributed by atoms with Gasteiger partial charge in [0, 0.05) is 6.54 Å². The molecule has 0 aliphatic rings. The third kappa shape index (κ3) is 5.00. The van der Waals surface area contributed by atoms with Gasteiger partial charge in [-0.3, -0.25) is 4.79 Å². The minimum atomic E-state index is -0.779. The zero-order valence-electron chi connectivity index (χ0n) is 10.3. The van der Waals surface area contributed by atoms with Crippen molar-refractivity contribution in [3.8, 4) is 0 Å². The lowest BCUT2D eigenvalue weighted by Crippen LogP contribution is -2.25. The number of rotatable bonds is 7. The molecule has 0 heterocycles. The molecule has 3 N–H and O–H groups in total. The number of benzene rings is 1. The smallest absolute Gasteiger partial charge is 0.307 e. The number of hydrogen-bond donors (Lipinski definition) is 2. The number of aryl methyl sites for hydroxylation is 1. The SMILES string of the molecule is CC(CCc1ccccc1)CC(CN)C(=O)O. The van der Waals surface area contributed by atoms with Crippen LogP contribution in [0.2, 0.25) is 0 Å². The number of carbonyl (C=O) groups is 1. The third-order valence-electron chi connectivity index (χ3n) is 3.09. The molecular formula is C14H21NO2. The monoisotopic (exact) mass is 235 g/mol. The van der Waals surface area contributed by atoms with E-state index in [1.807, 2.05) is 18.2 Å². The van der Waals surface area contributed by atoms with E-state index in [-0.39, 0.29) is 6.54 Å². The molecule has 1 rings (SSSR count). The van der Waals surface area contributed by atoms with E-state index in [9.17, 15) is 4.79 Å². The summed E-state index contributed by atoms with van der Waals surface area (Å²) in [6.45, 7) is 2.32. The molecule has 0 spiro atoms. The van der Waals surface area contributed by atoms with Gasteiger partial charge in [0.05, 0.1) is 5.92 Å². The van der Waals surface area contributed by atoms with Crippen molar-refractivity contribution >= 4 is 5.97 Å². The van der Waals surface area contributed by atoms with E-state index in [4.69, 9.17) is 10.8 Å². The van der Waals surface area contributed by atoms with Crippen LogP contribution in [0.4, 0.5) is 0 Å². The first-order valence-electron chi connectivity index (χ1n) is 6.10. The summed E-state index contributed by atoms with van der Waals surface area (Å²) in [6, 6.07) is 10.3. The number of aliphatic carboxylic acids is 1. The second-order valence-electron chi connectivity index (χ2n) is 4.64. The number of nitrogens with two attached hydrogens (primary N) is 1. The van der Waals surface area contributed by atoms with Crippen LogP contribution in [0.3, 0.4) is 0 Å². The van der Waals surface area contributed by atoms with E-state index >= 15 is 0 Å². The minimum absolute atomic E-state index is 0.227. The molecule has 17 heavy (non-hydrogen) atoms. The second kappa shape index (κ2) is 7.07. The van der Waals surface area contributed by atoms with E-state index in [0.717, 1.165) is 12.8 Å². The quantitative estimate of drug-likeness (QED) is 0.762. The molecule has 0 amide bonds. The maximum atomic E-state index is 10.9. The fourth-order valence-electron chi connectivity index (χ4n) is 1.96. The van der Waals surface area contributed by atoms with Crippen LogP contribution < -0.4 is 5.73 Å². The Labute approximate surface area is 103 Å². The van der Waals surface area contributed by atoms with Gasteiger partial charge in [-0.1, -0.05) is 37.3 Å². The molecule has 0 aliphatic heterocycles. The number of hydrogen-bond acceptors (Lipinski definition) is 2. The van der Waals surface area contributed by atoms with E-state index in [0.29, 0.717) is 12.3 Å². The van der Waals surface area contributed by atoms with Crippen LogP contribution in [0.1, 0.15) is 25.3 Å². The summed E-state index contributed by atoms with van der Waals surface area (Å²) in [5, 5.41) is 8.93. The molecule has 2 unspecified atom stereocenters. The molecule has 3 heteroatoms. The zero-order chi connectivity index (χ0) is 12.7. The van der Waals surface area contributed by atoms with Gasteiger partial charge in [0.1, 0.15) is 0 Å². The molecule has 2 atom stereocenters. The van der Waals surface area contributed by atoms with Gasteiger partial charge in [-0.15, -0.1) is 0 Å². The van der Waals surface area contributed by atoms with Crippen LogP contribution in [-0.4, -0.2) is 17.6 Å². The summed E-state index contributed by atoms with van der Waals surface area (Å²) in [7, 11) is 0.